The maximum Gasteiger partial charge on any atom is 0.119 e. The summed E-state index contributed by atoms with van der Waals surface area (Å²) in [5, 5.41) is 0. The highest BCUT2D eigenvalue weighted by Gasteiger charge is 2.01. The Morgan fingerprint density at radius 2 is 1.63 bits per heavy atom. The zero-order valence-corrected chi connectivity index (χ0v) is 12.0. The Hall–Kier alpha value is -1.47. The number of hydrogen-bond acceptors (Lipinski definition) is 1. The van der Waals surface area contributed by atoms with Crippen LogP contribution in [-0.4, -0.2) is 0 Å². The monoisotopic (exact) mass is 274 g/mol. The number of rotatable bonds is 6. The van der Waals surface area contributed by atoms with Gasteiger partial charge < -0.3 is 4.74 Å². The Morgan fingerprint density at radius 1 is 0.947 bits per heavy atom. The lowest BCUT2D eigenvalue weighted by Crippen LogP contribution is -1.99. The molecule has 1 nitrogen and oxygen atoms in total. The topological polar surface area (TPSA) is 9.23 Å². The zero-order valence-electron chi connectivity index (χ0n) is 11.2. The highest BCUT2D eigenvalue weighted by atomic mass is 35.5. The maximum absolute atomic E-state index is 5.91. The molecule has 0 bridgehead atoms. The van der Waals surface area contributed by atoms with Gasteiger partial charge in [-0.2, -0.15) is 0 Å². The molecule has 0 atom stereocenters. The second-order valence-corrected chi connectivity index (χ2v) is 4.85. The summed E-state index contributed by atoms with van der Waals surface area (Å²) in [5.74, 6) is 1.43. The van der Waals surface area contributed by atoms with Gasteiger partial charge in [0.2, 0.25) is 0 Å². The quantitative estimate of drug-likeness (QED) is 0.677. The SMILES string of the molecule is CCCc1ccc(OCc2ccccc2CCl)cc1. The van der Waals surface area contributed by atoms with E-state index in [1.807, 2.05) is 30.3 Å². The zero-order chi connectivity index (χ0) is 13.5. The summed E-state index contributed by atoms with van der Waals surface area (Å²) in [5.41, 5.74) is 3.64. The van der Waals surface area contributed by atoms with Crippen molar-refractivity contribution in [3.63, 3.8) is 0 Å². The largest absolute Gasteiger partial charge is 0.489 e. The first-order valence-electron chi connectivity index (χ1n) is 6.68. The van der Waals surface area contributed by atoms with Crippen molar-refractivity contribution in [2.24, 2.45) is 0 Å². The van der Waals surface area contributed by atoms with Crippen molar-refractivity contribution in [2.75, 3.05) is 0 Å². The molecule has 0 aromatic heterocycles. The van der Waals surface area contributed by atoms with Crippen molar-refractivity contribution < 1.29 is 4.74 Å². The predicted octanol–water partition coefficient (Wildman–Crippen LogP) is 4.96. The van der Waals surface area contributed by atoms with Crippen LogP contribution in [0.5, 0.6) is 5.75 Å². The molecule has 2 heteroatoms. The minimum absolute atomic E-state index is 0.523. The highest BCUT2D eigenvalue weighted by molar-refractivity contribution is 6.17. The van der Waals surface area contributed by atoms with Gasteiger partial charge in [0.25, 0.3) is 0 Å². The van der Waals surface area contributed by atoms with Crippen molar-refractivity contribution in [1.82, 2.24) is 0 Å². The van der Waals surface area contributed by atoms with E-state index >= 15 is 0 Å². The number of benzene rings is 2. The Bertz CT molecular complexity index is 505. The molecule has 0 amide bonds. The van der Waals surface area contributed by atoms with Crippen LogP contribution in [0.4, 0.5) is 0 Å². The first-order chi connectivity index (χ1) is 9.33. The number of aryl methyl sites for hydroxylation is 1. The van der Waals surface area contributed by atoms with Crippen LogP contribution in [-0.2, 0) is 18.9 Å². The third-order valence-corrected chi connectivity index (χ3v) is 3.41. The molecule has 0 spiro atoms. The molecule has 100 valence electrons. The molecule has 0 aliphatic carbocycles. The van der Waals surface area contributed by atoms with Crippen LogP contribution < -0.4 is 4.74 Å². The van der Waals surface area contributed by atoms with E-state index in [9.17, 15) is 0 Å². The first-order valence-corrected chi connectivity index (χ1v) is 7.21. The molecule has 0 heterocycles. The van der Waals surface area contributed by atoms with Crippen LogP contribution >= 0.6 is 11.6 Å². The summed E-state index contributed by atoms with van der Waals surface area (Å²) < 4.78 is 5.81. The molecule has 0 saturated heterocycles. The summed E-state index contributed by atoms with van der Waals surface area (Å²) in [6.07, 6.45) is 2.29. The molecule has 19 heavy (non-hydrogen) atoms. The predicted molar refractivity (Wildman–Crippen MR) is 80.8 cm³/mol. The standard InChI is InChI=1S/C17H19ClO/c1-2-5-14-8-10-17(11-9-14)19-13-16-7-4-3-6-15(16)12-18/h3-4,6-11H,2,5,12-13H2,1H3. The van der Waals surface area contributed by atoms with Gasteiger partial charge in [-0.1, -0.05) is 49.7 Å². The van der Waals surface area contributed by atoms with Crippen LogP contribution in [0, 0.1) is 0 Å². The number of halogens is 1. The molecule has 0 aliphatic rings. The van der Waals surface area contributed by atoms with Gasteiger partial charge in [-0.3, -0.25) is 0 Å². The van der Waals surface area contributed by atoms with Crippen LogP contribution in [0.1, 0.15) is 30.0 Å². The van der Waals surface area contributed by atoms with E-state index in [1.165, 1.54) is 12.0 Å². The Kier molecular flexibility index (Phi) is 5.29. The van der Waals surface area contributed by atoms with Gasteiger partial charge in [0.05, 0.1) is 0 Å². The normalized spacial score (nSPS) is 10.4. The molecular weight excluding hydrogens is 256 g/mol. The van der Waals surface area contributed by atoms with Crippen molar-refractivity contribution in [3.05, 3.63) is 65.2 Å². The van der Waals surface area contributed by atoms with E-state index in [4.69, 9.17) is 16.3 Å². The fourth-order valence-corrected chi connectivity index (χ4v) is 2.29. The van der Waals surface area contributed by atoms with Gasteiger partial charge >= 0.3 is 0 Å². The number of ether oxygens (including phenoxy) is 1. The summed E-state index contributed by atoms with van der Waals surface area (Å²) in [6, 6.07) is 16.4. The van der Waals surface area contributed by atoms with Gasteiger partial charge in [-0.05, 0) is 35.2 Å². The molecule has 0 unspecified atom stereocenters. The molecule has 2 aromatic rings. The molecule has 0 radical (unpaired) electrons. The smallest absolute Gasteiger partial charge is 0.119 e. The first kappa shape index (κ1) is 14.0. The molecule has 0 N–H and O–H groups in total. The number of hydrogen-bond donors (Lipinski definition) is 0. The van der Waals surface area contributed by atoms with E-state index in [-0.39, 0.29) is 0 Å². The molecule has 0 saturated carbocycles. The van der Waals surface area contributed by atoms with Crippen molar-refractivity contribution >= 4 is 11.6 Å². The Morgan fingerprint density at radius 3 is 2.26 bits per heavy atom. The maximum atomic E-state index is 5.91. The van der Waals surface area contributed by atoms with Gasteiger partial charge in [0, 0.05) is 5.88 Å². The van der Waals surface area contributed by atoms with Gasteiger partial charge in [0.15, 0.2) is 0 Å². The second kappa shape index (κ2) is 7.20. The lowest BCUT2D eigenvalue weighted by molar-refractivity contribution is 0.305. The van der Waals surface area contributed by atoms with Crippen LogP contribution in [0.15, 0.2) is 48.5 Å². The van der Waals surface area contributed by atoms with E-state index < -0.39 is 0 Å². The van der Waals surface area contributed by atoms with Gasteiger partial charge in [0.1, 0.15) is 12.4 Å². The average Bonchev–Trinajstić information content (AvgIpc) is 2.47. The van der Waals surface area contributed by atoms with E-state index in [0.717, 1.165) is 23.3 Å². The molecule has 0 aliphatic heterocycles. The molecule has 0 fully saturated rings. The van der Waals surface area contributed by atoms with Crippen molar-refractivity contribution in [3.8, 4) is 5.75 Å². The highest BCUT2D eigenvalue weighted by Crippen LogP contribution is 2.17. The van der Waals surface area contributed by atoms with Crippen LogP contribution in [0.2, 0.25) is 0 Å². The summed E-state index contributed by atoms with van der Waals surface area (Å²) in [7, 11) is 0. The fraction of sp³-hybridized carbons (Fsp3) is 0.294. The van der Waals surface area contributed by atoms with E-state index in [0.29, 0.717) is 12.5 Å². The minimum atomic E-state index is 0.523. The van der Waals surface area contributed by atoms with Gasteiger partial charge in [-0.25, -0.2) is 0 Å². The third-order valence-electron chi connectivity index (χ3n) is 3.12. The lowest BCUT2D eigenvalue weighted by atomic mass is 10.1. The second-order valence-electron chi connectivity index (χ2n) is 4.58. The van der Waals surface area contributed by atoms with E-state index in [2.05, 4.69) is 25.1 Å². The molecule has 2 rings (SSSR count). The van der Waals surface area contributed by atoms with Crippen LogP contribution in [0.25, 0.3) is 0 Å². The van der Waals surface area contributed by atoms with Crippen LogP contribution in [0.3, 0.4) is 0 Å². The molecular formula is C17H19ClO. The third kappa shape index (κ3) is 4.00. The number of alkyl halides is 1. The lowest BCUT2D eigenvalue weighted by Gasteiger charge is -2.10. The summed E-state index contributed by atoms with van der Waals surface area (Å²) in [6.45, 7) is 2.75. The Balaban J connectivity index is 1.98. The van der Waals surface area contributed by atoms with Gasteiger partial charge in [-0.15, -0.1) is 11.6 Å². The van der Waals surface area contributed by atoms with Crippen molar-refractivity contribution in [1.29, 1.82) is 0 Å². The molecule has 2 aromatic carbocycles. The average molecular weight is 275 g/mol. The fourth-order valence-electron chi connectivity index (χ4n) is 2.03. The minimum Gasteiger partial charge on any atom is -0.489 e. The summed E-state index contributed by atoms with van der Waals surface area (Å²) in [4.78, 5) is 0. The van der Waals surface area contributed by atoms with Crippen molar-refractivity contribution in [2.45, 2.75) is 32.3 Å². The Labute approximate surface area is 120 Å². The van der Waals surface area contributed by atoms with E-state index in [1.54, 1.807) is 0 Å². The summed E-state index contributed by atoms with van der Waals surface area (Å²) >= 11 is 5.91.